The van der Waals surface area contributed by atoms with Gasteiger partial charge in [0.05, 0.1) is 17.2 Å². The number of thioether (sulfide) groups is 1. The fraction of sp³-hybridized carbons (Fsp3) is 0.333. The molecule has 1 N–H and O–H groups in total. The molecule has 0 spiro atoms. The van der Waals surface area contributed by atoms with Gasteiger partial charge in [-0.1, -0.05) is 85.5 Å². The fourth-order valence-corrected chi connectivity index (χ4v) is 8.17. The maximum absolute atomic E-state index is 14.8. The summed E-state index contributed by atoms with van der Waals surface area (Å²) in [6.07, 6.45) is 7.12. The molecular formula is C39H44ClN3O5S2. The first kappa shape index (κ1) is 37.3. The van der Waals surface area contributed by atoms with Crippen molar-refractivity contribution >= 4 is 50.9 Å². The van der Waals surface area contributed by atoms with E-state index in [0.29, 0.717) is 17.4 Å². The number of para-hydroxylation sites is 2. The van der Waals surface area contributed by atoms with Crippen LogP contribution in [0.25, 0.3) is 0 Å². The Labute approximate surface area is 305 Å². The third-order valence-corrected chi connectivity index (χ3v) is 11.6. The van der Waals surface area contributed by atoms with Gasteiger partial charge in [-0.05, 0) is 85.7 Å². The van der Waals surface area contributed by atoms with Gasteiger partial charge in [0.1, 0.15) is 18.3 Å². The van der Waals surface area contributed by atoms with Gasteiger partial charge in [-0.3, -0.25) is 13.9 Å². The van der Waals surface area contributed by atoms with E-state index in [1.807, 2.05) is 55.6 Å². The van der Waals surface area contributed by atoms with Gasteiger partial charge in [0, 0.05) is 28.9 Å². The Morgan fingerprint density at radius 3 is 2.20 bits per heavy atom. The number of carbonyl (C=O) groups is 2. The number of sulfonamides is 1. The largest absolute Gasteiger partial charge is 0.492 e. The summed E-state index contributed by atoms with van der Waals surface area (Å²) in [7, 11) is -4.28. The number of rotatable bonds is 15. The van der Waals surface area contributed by atoms with Gasteiger partial charge in [0.2, 0.25) is 11.8 Å². The Morgan fingerprint density at radius 2 is 1.54 bits per heavy atom. The standard InChI is InChI=1S/C39H44ClN3O5S2/c1-3-48-37-17-11-10-16-35(37)43(50(46,47)34-24-22-33(49-2)23-25-34)28-38(44)42(27-30-18-20-31(40)21-19-30)36(26-29-12-6-4-7-13-29)39(45)41-32-14-8-5-9-15-32/h4,6-7,10-13,16-25,32,36H,3,5,8-9,14-15,26-28H2,1-2H3,(H,41,45)/t36-/m0/s1. The van der Waals surface area contributed by atoms with E-state index in [2.05, 4.69) is 5.32 Å². The van der Waals surface area contributed by atoms with Crippen LogP contribution in [0.15, 0.2) is 113 Å². The predicted molar refractivity (Wildman–Crippen MR) is 201 cm³/mol. The smallest absolute Gasteiger partial charge is 0.264 e. The van der Waals surface area contributed by atoms with Gasteiger partial charge in [-0.25, -0.2) is 8.42 Å². The van der Waals surface area contributed by atoms with Crippen LogP contribution in [0, 0.1) is 0 Å². The Balaban J connectivity index is 1.59. The number of anilines is 1. The van der Waals surface area contributed by atoms with Gasteiger partial charge in [-0.2, -0.15) is 0 Å². The zero-order valence-electron chi connectivity index (χ0n) is 28.5. The van der Waals surface area contributed by atoms with Crippen molar-refractivity contribution in [1.82, 2.24) is 10.2 Å². The maximum atomic E-state index is 14.8. The first-order valence-corrected chi connectivity index (χ1v) is 20.0. The summed E-state index contributed by atoms with van der Waals surface area (Å²) < 4.78 is 36.0. The lowest BCUT2D eigenvalue weighted by molar-refractivity contribution is -0.140. The minimum Gasteiger partial charge on any atom is -0.492 e. The van der Waals surface area contributed by atoms with Crippen molar-refractivity contribution < 1.29 is 22.7 Å². The quantitative estimate of drug-likeness (QED) is 0.126. The number of hydrogen-bond donors (Lipinski definition) is 1. The molecule has 50 heavy (non-hydrogen) atoms. The third kappa shape index (κ3) is 9.62. The molecular weight excluding hydrogens is 690 g/mol. The number of benzene rings is 4. The zero-order valence-corrected chi connectivity index (χ0v) is 30.9. The van der Waals surface area contributed by atoms with Crippen molar-refractivity contribution in [2.75, 3.05) is 23.7 Å². The average Bonchev–Trinajstić information content (AvgIpc) is 3.14. The van der Waals surface area contributed by atoms with E-state index < -0.39 is 28.5 Å². The summed E-state index contributed by atoms with van der Waals surface area (Å²) in [5.41, 5.74) is 1.86. The van der Waals surface area contributed by atoms with Gasteiger partial charge in [0.25, 0.3) is 10.0 Å². The predicted octanol–water partition coefficient (Wildman–Crippen LogP) is 7.74. The Hall–Kier alpha value is -3.99. The number of nitrogens with zero attached hydrogens (tertiary/aromatic N) is 2. The molecule has 1 atom stereocenters. The summed E-state index contributed by atoms with van der Waals surface area (Å²) in [6, 6.07) is 29.1. The van der Waals surface area contributed by atoms with Gasteiger partial charge >= 0.3 is 0 Å². The first-order valence-electron chi connectivity index (χ1n) is 17.0. The Bertz CT molecular complexity index is 1820. The van der Waals surface area contributed by atoms with Gasteiger partial charge in [0.15, 0.2) is 0 Å². The van der Waals surface area contributed by atoms with Crippen LogP contribution in [0.4, 0.5) is 5.69 Å². The number of ether oxygens (including phenoxy) is 1. The summed E-state index contributed by atoms with van der Waals surface area (Å²) in [5.74, 6) is -0.470. The zero-order chi connectivity index (χ0) is 35.5. The molecule has 264 valence electrons. The highest BCUT2D eigenvalue weighted by Gasteiger charge is 2.36. The van der Waals surface area contributed by atoms with Crippen LogP contribution < -0.4 is 14.4 Å². The molecule has 1 aliphatic rings. The highest BCUT2D eigenvalue weighted by Crippen LogP contribution is 2.33. The van der Waals surface area contributed by atoms with Crippen molar-refractivity contribution in [2.24, 2.45) is 0 Å². The number of hydrogen-bond acceptors (Lipinski definition) is 6. The molecule has 0 aliphatic heterocycles. The molecule has 1 saturated carbocycles. The minimum atomic E-state index is -4.28. The molecule has 0 bridgehead atoms. The SMILES string of the molecule is CCOc1ccccc1N(CC(=O)N(Cc1ccc(Cl)cc1)[C@@H](Cc1ccccc1)C(=O)NC1CCCCC1)S(=O)(=O)c1ccc(SC)cc1. The van der Waals surface area contributed by atoms with Crippen molar-refractivity contribution in [1.29, 1.82) is 0 Å². The number of halogens is 1. The fourth-order valence-electron chi connectivity index (χ4n) is 6.21. The molecule has 1 aliphatic carbocycles. The first-order chi connectivity index (χ1) is 24.2. The van der Waals surface area contributed by atoms with Crippen molar-refractivity contribution in [2.45, 2.75) is 73.9 Å². The van der Waals surface area contributed by atoms with Crippen LogP contribution in [0.5, 0.6) is 5.75 Å². The number of amides is 2. The summed E-state index contributed by atoms with van der Waals surface area (Å²) >= 11 is 7.71. The molecule has 11 heteroatoms. The lowest BCUT2D eigenvalue weighted by Gasteiger charge is -2.35. The van der Waals surface area contributed by atoms with Crippen LogP contribution in [-0.2, 0) is 32.6 Å². The second-order valence-corrected chi connectivity index (χ2v) is 15.5. The molecule has 0 aromatic heterocycles. The van der Waals surface area contributed by atoms with Gasteiger partial charge < -0.3 is 15.0 Å². The molecule has 2 amide bonds. The van der Waals surface area contributed by atoms with Crippen molar-refractivity contribution in [3.63, 3.8) is 0 Å². The topological polar surface area (TPSA) is 96.0 Å². The number of carbonyl (C=O) groups excluding carboxylic acids is 2. The Kier molecular flexibility index (Phi) is 13.3. The monoisotopic (exact) mass is 733 g/mol. The van der Waals surface area contributed by atoms with Crippen LogP contribution in [0.3, 0.4) is 0 Å². The van der Waals surface area contributed by atoms with E-state index in [4.69, 9.17) is 16.3 Å². The molecule has 0 saturated heterocycles. The Morgan fingerprint density at radius 1 is 0.880 bits per heavy atom. The van der Waals surface area contributed by atoms with Crippen molar-refractivity contribution in [3.05, 3.63) is 119 Å². The van der Waals surface area contributed by atoms with E-state index in [-0.39, 0.29) is 35.5 Å². The lowest BCUT2D eigenvalue weighted by Crippen LogP contribution is -2.55. The van der Waals surface area contributed by atoms with Crippen molar-refractivity contribution in [3.8, 4) is 5.75 Å². The van der Waals surface area contributed by atoms with Crippen LogP contribution in [0.2, 0.25) is 5.02 Å². The maximum Gasteiger partial charge on any atom is 0.264 e. The molecule has 5 rings (SSSR count). The highest BCUT2D eigenvalue weighted by atomic mass is 35.5. The van der Waals surface area contributed by atoms with E-state index >= 15 is 0 Å². The van der Waals surface area contributed by atoms with Crippen LogP contribution in [0.1, 0.15) is 50.2 Å². The molecule has 4 aromatic rings. The highest BCUT2D eigenvalue weighted by molar-refractivity contribution is 7.98. The van der Waals surface area contributed by atoms with E-state index in [0.717, 1.165) is 52.4 Å². The van der Waals surface area contributed by atoms with E-state index in [9.17, 15) is 18.0 Å². The van der Waals surface area contributed by atoms with E-state index in [1.165, 1.54) is 16.7 Å². The molecule has 1 fully saturated rings. The second-order valence-electron chi connectivity index (χ2n) is 12.3. The van der Waals surface area contributed by atoms with Crippen LogP contribution >= 0.6 is 23.4 Å². The van der Waals surface area contributed by atoms with E-state index in [1.54, 1.807) is 60.7 Å². The average molecular weight is 734 g/mol. The third-order valence-electron chi connectivity index (χ3n) is 8.85. The summed E-state index contributed by atoms with van der Waals surface area (Å²) in [6.45, 7) is 1.61. The summed E-state index contributed by atoms with van der Waals surface area (Å²) in [5, 5.41) is 3.78. The second kappa shape index (κ2) is 17.8. The lowest BCUT2D eigenvalue weighted by atomic mass is 9.94. The van der Waals surface area contributed by atoms with Crippen LogP contribution in [-0.4, -0.2) is 56.6 Å². The molecule has 4 aromatic carbocycles. The molecule has 0 radical (unpaired) electrons. The number of nitrogens with one attached hydrogen (secondary N) is 1. The molecule has 0 heterocycles. The van der Waals surface area contributed by atoms with Gasteiger partial charge in [-0.15, -0.1) is 11.8 Å². The summed E-state index contributed by atoms with van der Waals surface area (Å²) in [4.78, 5) is 31.6. The minimum absolute atomic E-state index is 0.0150. The molecule has 8 nitrogen and oxygen atoms in total. The molecule has 0 unspecified atom stereocenters. The normalized spacial score (nSPS) is 14.1.